The van der Waals surface area contributed by atoms with Crippen LogP contribution in [0.4, 0.5) is 0 Å². The predicted molar refractivity (Wildman–Crippen MR) is 152 cm³/mol. The number of hydrogen-bond acceptors (Lipinski definition) is 4. The summed E-state index contributed by atoms with van der Waals surface area (Å²) < 4.78 is 27.8. The average molecular weight is 495 g/mol. The van der Waals surface area contributed by atoms with E-state index in [2.05, 4.69) is 121 Å². The zero-order valence-corrected chi connectivity index (χ0v) is 23.1. The molecule has 2 fully saturated rings. The van der Waals surface area contributed by atoms with Gasteiger partial charge in [-0.25, -0.2) is 0 Å². The molecular weight excluding hydrogens is 460 g/mol. The van der Waals surface area contributed by atoms with Gasteiger partial charge in [-0.15, -0.1) is 0 Å². The van der Waals surface area contributed by atoms with E-state index in [-0.39, 0.29) is 0 Å². The maximum absolute atomic E-state index is 6.38. The van der Waals surface area contributed by atoms with Crippen LogP contribution in [0.25, 0.3) is 27.5 Å². The fraction of sp³-hybridized carbons (Fsp3) is 0.400. The minimum atomic E-state index is -0.421. The second kappa shape index (κ2) is 7.97. The van der Waals surface area contributed by atoms with Crippen LogP contribution in [0, 0.1) is 0 Å². The van der Waals surface area contributed by atoms with Crippen LogP contribution in [0.2, 0.25) is 0 Å². The van der Waals surface area contributed by atoms with E-state index in [0.717, 1.165) is 38.4 Å². The minimum Gasteiger partial charge on any atom is -0.399 e. The van der Waals surface area contributed by atoms with Gasteiger partial charge in [-0.05, 0) is 90.6 Å². The van der Waals surface area contributed by atoms with Crippen molar-refractivity contribution < 1.29 is 18.6 Å². The first-order valence-electron chi connectivity index (χ1n) is 13.1. The Balaban J connectivity index is 1.53. The SMILES string of the molecule is CC1(C)OB(c2ccc3c(c2)c2cc(B4OC(C)(C)C(C)(C)O4)ccc2n3-c2ccccc2)OC1(C)C. The standard InChI is InChI=1S/C30H35B2NO4/c1-27(2)28(3,4)35-31(34-27)20-14-16-25-23(18-20)24-19-21(32-36-29(5,6)30(7,8)37-32)15-17-26(24)33(25)22-12-10-9-11-13-22/h9-19H,1-8H3. The number of nitrogens with zero attached hydrogens (tertiary/aromatic N) is 1. The molecule has 190 valence electrons. The molecule has 0 saturated carbocycles. The number of rotatable bonds is 3. The molecule has 0 bridgehead atoms. The first kappa shape index (κ1) is 24.7. The Hall–Kier alpha value is -2.57. The van der Waals surface area contributed by atoms with E-state index in [1.165, 1.54) is 0 Å². The van der Waals surface area contributed by atoms with Gasteiger partial charge in [0, 0.05) is 16.5 Å². The maximum atomic E-state index is 6.38. The van der Waals surface area contributed by atoms with Crippen molar-refractivity contribution in [3.63, 3.8) is 0 Å². The summed E-state index contributed by atoms with van der Waals surface area (Å²) in [5.74, 6) is 0. The molecule has 0 spiro atoms. The molecule has 3 heterocycles. The molecule has 0 aliphatic carbocycles. The molecule has 5 nitrogen and oxygen atoms in total. The Kier molecular flexibility index (Phi) is 5.33. The third-order valence-corrected chi connectivity index (χ3v) is 8.88. The van der Waals surface area contributed by atoms with Crippen LogP contribution in [0.3, 0.4) is 0 Å². The van der Waals surface area contributed by atoms with E-state index >= 15 is 0 Å². The zero-order chi connectivity index (χ0) is 26.4. The number of benzene rings is 3. The summed E-state index contributed by atoms with van der Waals surface area (Å²) in [7, 11) is -0.841. The van der Waals surface area contributed by atoms with Crippen molar-refractivity contribution in [2.45, 2.75) is 77.8 Å². The van der Waals surface area contributed by atoms with Crippen molar-refractivity contribution in [3.8, 4) is 5.69 Å². The quantitative estimate of drug-likeness (QED) is 0.358. The molecule has 2 aliphatic rings. The van der Waals surface area contributed by atoms with E-state index in [4.69, 9.17) is 18.6 Å². The Morgan fingerprint density at radius 3 is 1.27 bits per heavy atom. The number of hydrogen-bond donors (Lipinski definition) is 0. The highest BCUT2D eigenvalue weighted by Crippen LogP contribution is 2.39. The second-order valence-electron chi connectivity index (χ2n) is 12.4. The minimum absolute atomic E-state index is 0.394. The molecular formula is C30H35B2NO4. The van der Waals surface area contributed by atoms with E-state index in [1.807, 2.05) is 6.07 Å². The summed E-state index contributed by atoms with van der Waals surface area (Å²) in [6.07, 6.45) is 0. The smallest absolute Gasteiger partial charge is 0.399 e. The molecule has 7 heteroatoms. The van der Waals surface area contributed by atoms with Gasteiger partial charge in [0.05, 0.1) is 33.4 Å². The summed E-state index contributed by atoms with van der Waals surface area (Å²) >= 11 is 0. The van der Waals surface area contributed by atoms with Crippen molar-refractivity contribution in [2.75, 3.05) is 0 Å². The van der Waals surface area contributed by atoms with Crippen LogP contribution < -0.4 is 10.9 Å². The van der Waals surface area contributed by atoms with Gasteiger partial charge in [0.25, 0.3) is 0 Å². The molecule has 37 heavy (non-hydrogen) atoms. The van der Waals surface area contributed by atoms with E-state index in [9.17, 15) is 0 Å². The van der Waals surface area contributed by atoms with E-state index in [0.29, 0.717) is 0 Å². The number of aromatic nitrogens is 1. The predicted octanol–water partition coefficient (Wildman–Crippen LogP) is 5.38. The van der Waals surface area contributed by atoms with Crippen molar-refractivity contribution in [2.24, 2.45) is 0 Å². The van der Waals surface area contributed by atoms with E-state index in [1.54, 1.807) is 0 Å². The lowest BCUT2D eigenvalue weighted by atomic mass is 9.77. The average Bonchev–Trinajstić information content (AvgIpc) is 3.36. The highest BCUT2D eigenvalue weighted by atomic mass is 16.7. The molecule has 6 rings (SSSR count). The summed E-state index contributed by atoms with van der Waals surface area (Å²) in [5.41, 5.74) is 3.83. The van der Waals surface area contributed by atoms with Crippen LogP contribution in [0.15, 0.2) is 66.7 Å². The van der Waals surface area contributed by atoms with Gasteiger partial charge >= 0.3 is 14.2 Å². The fourth-order valence-electron chi connectivity index (χ4n) is 5.17. The lowest BCUT2D eigenvalue weighted by molar-refractivity contribution is 0.00578. The van der Waals surface area contributed by atoms with Gasteiger partial charge in [-0.1, -0.05) is 42.5 Å². The highest BCUT2D eigenvalue weighted by Gasteiger charge is 2.53. The van der Waals surface area contributed by atoms with Crippen LogP contribution in [-0.2, 0) is 18.6 Å². The van der Waals surface area contributed by atoms with Gasteiger partial charge in [0.15, 0.2) is 0 Å². The van der Waals surface area contributed by atoms with Crippen LogP contribution in [0.5, 0.6) is 0 Å². The molecule has 3 aromatic carbocycles. The molecule has 0 amide bonds. The first-order chi connectivity index (χ1) is 17.3. The molecule has 0 radical (unpaired) electrons. The highest BCUT2D eigenvalue weighted by molar-refractivity contribution is 6.63. The van der Waals surface area contributed by atoms with Crippen LogP contribution >= 0.6 is 0 Å². The molecule has 1 aromatic heterocycles. The van der Waals surface area contributed by atoms with Crippen LogP contribution in [0.1, 0.15) is 55.4 Å². The fourth-order valence-corrected chi connectivity index (χ4v) is 5.17. The van der Waals surface area contributed by atoms with Gasteiger partial charge < -0.3 is 23.2 Å². The molecule has 0 N–H and O–H groups in total. The van der Waals surface area contributed by atoms with E-state index < -0.39 is 36.6 Å². The third-order valence-electron chi connectivity index (χ3n) is 8.88. The van der Waals surface area contributed by atoms with Crippen molar-refractivity contribution >= 4 is 47.0 Å². The molecule has 0 atom stereocenters. The summed E-state index contributed by atoms with van der Waals surface area (Å²) in [4.78, 5) is 0. The number of fused-ring (bicyclic) bond motifs is 3. The largest absolute Gasteiger partial charge is 0.494 e. The zero-order valence-electron chi connectivity index (χ0n) is 23.1. The van der Waals surface area contributed by atoms with Gasteiger partial charge in [-0.3, -0.25) is 0 Å². The molecule has 4 aromatic rings. The topological polar surface area (TPSA) is 41.9 Å². The summed E-state index contributed by atoms with van der Waals surface area (Å²) in [5, 5.41) is 2.29. The molecule has 2 saturated heterocycles. The van der Waals surface area contributed by atoms with Gasteiger partial charge in [-0.2, -0.15) is 0 Å². The second-order valence-corrected chi connectivity index (χ2v) is 12.4. The maximum Gasteiger partial charge on any atom is 0.494 e. The van der Waals surface area contributed by atoms with Gasteiger partial charge in [0.2, 0.25) is 0 Å². The summed E-state index contributed by atoms with van der Waals surface area (Å²) in [6, 6.07) is 23.5. The molecule has 0 unspecified atom stereocenters. The van der Waals surface area contributed by atoms with Crippen molar-refractivity contribution in [3.05, 3.63) is 66.7 Å². The Labute approximate surface area is 220 Å². The lowest BCUT2D eigenvalue weighted by Gasteiger charge is -2.32. The van der Waals surface area contributed by atoms with Crippen molar-refractivity contribution in [1.29, 1.82) is 0 Å². The first-order valence-corrected chi connectivity index (χ1v) is 13.1. The Morgan fingerprint density at radius 1 is 0.514 bits per heavy atom. The van der Waals surface area contributed by atoms with Gasteiger partial charge in [0.1, 0.15) is 0 Å². The van der Waals surface area contributed by atoms with Crippen molar-refractivity contribution in [1.82, 2.24) is 4.57 Å². The lowest BCUT2D eigenvalue weighted by Crippen LogP contribution is -2.41. The van der Waals surface area contributed by atoms with Crippen LogP contribution in [-0.4, -0.2) is 41.2 Å². The third kappa shape index (κ3) is 3.78. The molecule has 2 aliphatic heterocycles. The Bertz CT molecular complexity index is 1380. The normalized spacial score (nSPS) is 21.8. The summed E-state index contributed by atoms with van der Waals surface area (Å²) in [6.45, 7) is 16.7. The Morgan fingerprint density at radius 2 is 0.892 bits per heavy atom. The number of para-hydroxylation sites is 1. The monoisotopic (exact) mass is 495 g/mol.